The fourth-order valence-corrected chi connectivity index (χ4v) is 2.86. The Morgan fingerprint density at radius 3 is 1.33 bits per heavy atom. The summed E-state index contributed by atoms with van der Waals surface area (Å²) in [6.07, 6.45) is 0.737. The van der Waals surface area contributed by atoms with Gasteiger partial charge >= 0.3 is 0 Å². The molecule has 0 saturated heterocycles. The van der Waals surface area contributed by atoms with Crippen LogP contribution >= 0.6 is 23.2 Å². The van der Waals surface area contributed by atoms with Gasteiger partial charge in [-0.05, 0) is 57.5 Å². The van der Waals surface area contributed by atoms with Crippen molar-refractivity contribution < 1.29 is 28.8 Å². The number of benzene rings is 2. The first-order valence-corrected chi connectivity index (χ1v) is 10.4. The first-order chi connectivity index (χ1) is 14.4. The molecule has 2 rings (SSSR count). The molecule has 0 aliphatic heterocycles. The molecule has 0 fully saturated rings. The topological polar surface area (TPSA) is 74.2 Å². The van der Waals surface area contributed by atoms with Crippen molar-refractivity contribution in [3.05, 3.63) is 45.4 Å². The number of rotatable bonds is 10. The maximum absolute atomic E-state index is 10.7. The number of carbonyl (C=O) groups is 1. The Hall–Kier alpha value is -2.15. The summed E-state index contributed by atoms with van der Waals surface area (Å²) in [5.41, 5.74) is 1.22. The number of halogens is 2. The van der Waals surface area contributed by atoms with E-state index in [1.54, 1.807) is 24.3 Å². The predicted octanol–water partition coefficient (Wildman–Crippen LogP) is 5.58. The zero-order chi connectivity index (χ0) is 22.5. The third-order valence-corrected chi connectivity index (χ3v) is 4.36. The number of aliphatic hydroxyl groups excluding tert-OH is 1. The van der Waals surface area contributed by atoms with E-state index in [2.05, 4.69) is 0 Å². The molecule has 0 bridgehead atoms. The molecule has 2 aromatic rings. The van der Waals surface area contributed by atoms with Crippen LogP contribution < -0.4 is 18.9 Å². The number of aliphatic hydroxyl groups is 1. The Kier molecular flexibility index (Phi) is 12.0. The van der Waals surface area contributed by atoms with E-state index in [1.807, 2.05) is 27.7 Å². The molecule has 0 unspecified atom stereocenters. The van der Waals surface area contributed by atoms with Crippen LogP contribution in [0.5, 0.6) is 23.0 Å². The number of carbonyl (C=O) groups excluding carboxylic acids is 1. The summed E-state index contributed by atoms with van der Waals surface area (Å²) in [5.74, 6) is 2.06. The van der Waals surface area contributed by atoms with Crippen LogP contribution in [0.1, 0.15) is 43.6 Å². The van der Waals surface area contributed by atoms with Gasteiger partial charge in [0, 0.05) is 5.56 Å². The van der Waals surface area contributed by atoms with E-state index in [1.165, 1.54) is 0 Å². The number of ether oxygens (including phenoxy) is 4. The van der Waals surface area contributed by atoms with E-state index in [0.717, 1.165) is 11.8 Å². The van der Waals surface area contributed by atoms with Gasteiger partial charge in [-0.2, -0.15) is 0 Å². The van der Waals surface area contributed by atoms with Crippen molar-refractivity contribution in [1.29, 1.82) is 0 Å². The van der Waals surface area contributed by atoms with E-state index in [0.29, 0.717) is 65.0 Å². The van der Waals surface area contributed by atoms with Gasteiger partial charge in [-0.15, -0.1) is 0 Å². The van der Waals surface area contributed by atoms with Crippen molar-refractivity contribution >= 4 is 29.5 Å². The highest BCUT2D eigenvalue weighted by molar-refractivity contribution is 6.34. The average Bonchev–Trinajstić information content (AvgIpc) is 2.74. The van der Waals surface area contributed by atoms with E-state index >= 15 is 0 Å². The van der Waals surface area contributed by atoms with Gasteiger partial charge in [0.05, 0.1) is 33.0 Å². The molecule has 8 heteroatoms. The van der Waals surface area contributed by atoms with Gasteiger partial charge in [0.2, 0.25) is 0 Å². The zero-order valence-electron chi connectivity index (χ0n) is 17.7. The number of hydrogen-bond acceptors (Lipinski definition) is 6. The van der Waals surface area contributed by atoms with Gasteiger partial charge in [0.1, 0.15) is 39.3 Å². The third-order valence-electron chi connectivity index (χ3n) is 3.61. The third kappa shape index (κ3) is 7.59. The Morgan fingerprint density at radius 2 is 1.07 bits per heavy atom. The molecule has 0 aliphatic carbocycles. The summed E-state index contributed by atoms with van der Waals surface area (Å²) in [4.78, 5) is 10.7. The van der Waals surface area contributed by atoms with E-state index in [4.69, 9.17) is 47.3 Å². The summed E-state index contributed by atoms with van der Waals surface area (Å²) in [7, 11) is 0. The molecule has 30 heavy (non-hydrogen) atoms. The highest BCUT2D eigenvalue weighted by Gasteiger charge is 2.11. The molecule has 0 atom stereocenters. The lowest BCUT2D eigenvalue weighted by atomic mass is 10.2. The van der Waals surface area contributed by atoms with E-state index < -0.39 is 0 Å². The lowest BCUT2D eigenvalue weighted by Gasteiger charge is -2.12. The summed E-state index contributed by atoms with van der Waals surface area (Å²) in [6.45, 7) is 9.44. The minimum absolute atomic E-state index is 0.0582. The molecule has 0 aliphatic rings. The molecule has 2 aromatic carbocycles. The van der Waals surface area contributed by atoms with Gasteiger partial charge in [-0.1, -0.05) is 23.2 Å². The van der Waals surface area contributed by atoms with Crippen molar-refractivity contribution in [1.82, 2.24) is 0 Å². The first kappa shape index (κ1) is 25.9. The van der Waals surface area contributed by atoms with Crippen molar-refractivity contribution in [2.45, 2.75) is 34.3 Å². The molecule has 166 valence electrons. The Balaban J connectivity index is 0.000000300. The van der Waals surface area contributed by atoms with Crippen LogP contribution in [0.25, 0.3) is 0 Å². The summed E-state index contributed by atoms with van der Waals surface area (Å²) < 4.78 is 21.3. The van der Waals surface area contributed by atoms with Crippen LogP contribution in [0.4, 0.5) is 0 Å². The van der Waals surface area contributed by atoms with Gasteiger partial charge in [-0.3, -0.25) is 4.79 Å². The quantitative estimate of drug-likeness (QED) is 0.468. The molecule has 0 aromatic heterocycles. The summed E-state index contributed by atoms with van der Waals surface area (Å²) >= 11 is 12.1. The highest BCUT2D eigenvalue weighted by Crippen LogP contribution is 2.36. The Morgan fingerprint density at radius 1 is 0.733 bits per heavy atom. The van der Waals surface area contributed by atoms with Crippen LogP contribution in [0.3, 0.4) is 0 Å². The minimum Gasteiger partial charge on any atom is -0.492 e. The SMILES string of the molecule is CCOc1cc(C=O)cc(OCC)c1Cl.CCOc1cc(CO)cc(OCC)c1Cl. The second-order valence-corrected chi connectivity index (χ2v) is 6.50. The molecular weight excluding hydrogens is 431 g/mol. The average molecular weight is 459 g/mol. The number of aldehydes is 1. The number of hydrogen-bond donors (Lipinski definition) is 1. The maximum atomic E-state index is 10.7. The van der Waals surface area contributed by atoms with Crippen molar-refractivity contribution in [3.63, 3.8) is 0 Å². The molecule has 1 N–H and O–H groups in total. The van der Waals surface area contributed by atoms with E-state index in [-0.39, 0.29) is 6.61 Å². The largest absolute Gasteiger partial charge is 0.492 e. The fraction of sp³-hybridized carbons (Fsp3) is 0.409. The minimum atomic E-state index is -0.0582. The molecule has 0 saturated carbocycles. The predicted molar refractivity (Wildman–Crippen MR) is 119 cm³/mol. The van der Waals surface area contributed by atoms with Gasteiger partial charge in [-0.25, -0.2) is 0 Å². The fourth-order valence-electron chi connectivity index (χ4n) is 2.42. The van der Waals surface area contributed by atoms with Crippen LogP contribution in [-0.2, 0) is 6.61 Å². The Bertz CT molecular complexity index is 756. The maximum Gasteiger partial charge on any atom is 0.150 e. The summed E-state index contributed by atoms with van der Waals surface area (Å²) in [6, 6.07) is 6.63. The van der Waals surface area contributed by atoms with Gasteiger partial charge in [0.25, 0.3) is 0 Å². The molecule has 6 nitrogen and oxygen atoms in total. The molecule has 0 amide bonds. The lowest BCUT2D eigenvalue weighted by Crippen LogP contribution is -1.98. The van der Waals surface area contributed by atoms with Crippen LogP contribution in [0.2, 0.25) is 10.0 Å². The van der Waals surface area contributed by atoms with Gasteiger partial charge in [0.15, 0.2) is 0 Å². The molecular formula is C22H28Cl2O6. The van der Waals surface area contributed by atoms with Crippen molar-refractivity contribution in [2.24, 2.45) is 0 Å². The first-order valence-electron chi connectivity index (χ1n) is 9.68. The second kappa shape index (κ2) is 14.0. The van der Waals surface area contributed by atoms with Crippen LogP contribution in [0.15, 0.2) is 24.3 Å². The normalized spacial score (nSPS) is 9.97. The Labute approximate surface area is 187 Å². The smallest absolute Gasteiger partial charge is 0.150 e. The highest BCUT2D eigenvalue weighted by atomic mass is 35.5. The van der Waals surface area contributed by atoms with E-state index in [9.17, 15) is 4.79 Å². The van der Waals surface area contributed by atoms with Crippen LogP contribution in [-0.4, -0.2) is 37.8 Å². The van der Waals surface area contributed by atoms with Crippen molar-refractivity contribution in [3.8, 4) is 23.0 Å². The zero-order valence-corrected chi connectivity index (χ0v) is 19.2. The standard InChI is InChI=1S/C11H15ClO3.C11H13ClO3/c2*1-3-14-9-5-8(7-13)6-10(11(9)12)15-4-2/h5-6,13H,3-4,7H2,1-2H3;5-7H,3-4H2,1-2H3. The molecule has 0 heterocycles. The van der Waals surface area contributed by atoms with Crippen molar-refractivity contribution in [2.75, 3.05) is 26.4 Å². The van der Waals surface area contributed by atoms with Gasteiger partial charge < -0.3 is 24.1 Å². The molecule has 0 spiro atoms. The molecule has 0 radical (unpaired) electrons. The lowest BCUT2D eigenvalue weighted by molar-refractivity contribution is 0.112. The second-order valence-electron chi connectivity index (χ2n) is 5.75. The monoisotopic (exact) mass is 458 g/mol. The van der Waals surface area contributed by atoms with Crippen LogP contribution in [0, 0.1) is 0 Å². The summed E-state index contributed by atoms with van der Waals surface area (Å²) in [5, 5.41) is 9.92.